The van der Waals surface area contributed by atoms with E-state index in [1.165, 1.54) is 0 Å². The average Bonchev–Trinajstić information content (AvgIpc) is 2.68. The summed E-state index contributed by atoms with van der Waals surface area (Å²) in [5.41, 5.74) is 5.31. The second-order valence-electron chi connectivity index (χ2n) is 3.41. The van der Waals surface area contributed by atoms with E-state index in [9.17, 15) is 13.2 Å². The van der Waals surface area contributed by atoms with Gasteiger partial charge in [-0.05, 0) is 13.0 Å². The predicted octanol–water partition coefficient (Wildman–Crippen LogP) is 1.08. The minimum absolute atomic E-state index is 0.0992. The first-order valence-electron chi connectivity index (χ1n) is 5.17. The maximum Gasteiger partial charge on any atom is 0.411 e. The molecule has 0 saturated heterocycles. The molecule has 0 amide bonds. The number of hydrogen-bond acceptors (Lipinski definition) is 5. The van der Waals surface area contributed by atoms with Gasteiger partial charge in [-0.15, -0.1) is 0 Å². The van der Waals surface area contributed by atoms with Crippen molar-refractivity contribution in [1.82, 2.24) is 10.1 Å². The van der Waals surface area contributed by atoms with Gasteiger partial charge in [-0.1, -0.05) is 5.16 Å². The molecule has 0 bridgehead atoms. The standard InChI is InChI=1S/C9H14F3N3O2/c10-9(11,12)6-16-5-3-8-14-7(15-17-8)2-1-4-13/h1-6,13H2. The predicted molar refractivity (Wildman–Crippen MR) is 52.3 cm³/mol. The summed E-state index contributed by atoms with van der Waals surface area (Å²) in [7, 11) is 0. The van der Waals surface area contributed by atoms with E-state index in [2.05, 4.69) is 14.9 Å². The summed E-state index contributed by atoms with van der Waals surface area (Å²) in [5, 5.41) is 3.66. The molecule has 5 nitrogen and oxygen atoms in total. The summed E-state index contributed by atoms with van der Waals surface area (Å²) in [4.78, 5) is 3.99. The molecule has 98 valence electrons. The van der Waals surface area contributed by atoms with Crippen LogP contribution in [0.2, 0.25) is 0 Å². The van der Waals surface area contributed by atoms with Crippen LogP contribution in [0.25, 0.3) is 0 Å². The Morgan fingerprint density at radius 1 is 1.29 bits per heavy atom. The molecule has 0 radical (unpaired) electrons. The summed E-state index contributed by atoms with van der Waals surface area (Å²) >= 11 is 0. The maximum absolute atomic E-state index is 11.7. The number of nitrogens with two attached hydrogens (primary N) is 1. The third kappa shape index (κ3) is 6.22. The van der Waals surface area contributed by atoms with Crippen molar-refractivity contribution in [3.05, 3.63) is 11.7 Å². The van der Waals surface area contributed by atoms with Crippen LogP contribution >= 0.6 is 0 Å². The van der Waals surface area contributed by atoms with Gasteiger partial charge in [0, 0.05) is 6.42 Å². The number of hydrogen-bond donors (Lipinski definition) is 1. The van der Waals surface area contributed by atoms with Crippen LogP contribution in [0.3, 0.4) is 0 Å². The molecule has 1 rings (SSSR count). The quantitative estimate of drug-likeness (QED) is 0.736. The molecular formula is C9H14F3N3O2. The third-order valence-electron chi connectivity index (χ3n) is 1.84. The van der Waals surface area contributed by atoms with E-state index in [4.69, 9.17) is 10.3 Å². The molecule has 1 heterocycles. The molecule has 0 aliphatic carbocycles. The topological polar surface area (TPSA) is 74.2 Å². The Kier molecular flexibility index (Phi) is 5.36. The number of nitrogens with zero attached hydrogens (tertiary/aromatic N) is 2. The van der Waals surface area contributed by atoms with E-state index in [1.54, 1.807) is 0 Å². The van der Waals surface area contributed by atoms with Gasteiger partial charge in [0.15, 0.2) is 5.82 Å². The largest absolute Gasteiger partial charge is 0.411 e. The Morgan fingerprint density at radius 2 is 2.06 bits per heavy atom. The molecule has 8 heteroatoms. The SMILES string of the molecule is NCCCc1noc(CCOCC(F)(F)F)n1. The highest BCUT2D eigenvalue weighted by molar-refractivity contribution is 4.86. The fraction of sp³-hybridized carbons (Fsp3) is 0.778. The molecule has 1 aromatic rings. The summed E-state index contributed by atoms with van der Waals surface area (Å²) in [6.07, 6.45) is -2.79. The van der Waals surface area contributed by atoms with E-state index < -0.39 is 12.8 Å². The molecule has 0 unspecified atom stereocenters. The summed E-state index contributed by atoms with van der Waals surface area (Å²) in [5.74, 6) is 0.792. The van der Waals surface area contributed by atoms with Gasteiger partial charge < -0.3 is 15.0 Å². The molecule has 1 aromatic heterocycles. The Balaban J connectivity index is 2.21. The van der Waals surface area contributed by atoms with Gasteiger partial charge in [0.2, 0.25) is 5.89 Å². The molecule has 0 aromatic carbocycles. The van der Waals surface area contributed by atoms with E-state index in [0.29, 0.717) is 18.8 Å². The van der Waals surface area contributed by atoms with Gasteiger partial charge in [-0.3, -0.25) is 0 Å². The lowest BCUT2D eigenvalue weighted by atomic mass is 10.3. The van der Waals surface area contributed by atoms with Crippen LogP contribution in [0.1, 0.15) is 18.1 Å². The number of alkyl halides is 3. The van der Waals surface area contributed by atoms with Crippen LogP contribution in [-0.2, 0) is 17.6 Å². The summed E-state index contributed by atoms with van der Waals surface area (Å²) in [6, 6.07) is 0. The summed E-state index contributed by atoms with van der Waals surface area (Å²) in [6.45, 7) is -0.836. The lowest BCUT2D eigenvalue weighted by Crippen LogP contribution is -2.18. The van der Waals surface area contributed by atoms with Crippen molar-refractivity contribution in [3.63, 3.8) is 0 Å². The third-order valence-corrected chi connectivity index (χ3v) is 1.84. The molecule has 0 atom stereocenters. The molecular weight excluding hydrogens is 239 g/mol. The Morgan fingerprint density at radius 3 is 2.71 bits per heavy atom. The van der Waals surface area contributed by atoms with Crippen molar-refractivity contribution < 1.29 is 22.4 Å². The smallest absolute Gasteiger partial charge is 0.372 e. The number of aryl methyl sites for hydroxylation is 1. The first-order valence-corrected chi connectivity index (χ1v) is 5.17. The molecule has 0 aliphatic heterocycles. The number of ether oxygens (including phenoxy) is 1. The van der Waals surface area contributed by atoms with Crippen molar-refractivity contribution in [2.75, 3.05) is 19.8 Å². The van der Waals surface area contributed by atoms with E-state index >= 15 is 0 Å². The molecule has 0 saturated carbocycles. The number of aromatic nitrogens is 2. The zero-order chi connectivity index (χ0) is 12.7. The van der Waals surface area contributed by atoms with E-state index in [-0.39, 0.29) is 18.9 Å². The van der Waals surface area contributed by atoms with Crippen molar-refractivity contribution in [3.8, 4) is 0 Å². The minimum atomic E-state index is -4.30. The second-order valence-corrected chi connectivity index (χ2v) is 3.41. The van der Waals surface area contributed by atoms with Crippen molar-refractivity contribution in [1.29, 1.82) is 0 Å². The first kappa shape index (κ1) is 13.9. The molecule has 0 spiro atoms. The fourth-order valence-corrected chi connectivity index (χ4v) is 1.10. The average molecular weight is 253 g/mol. The monoisotopic (exact) mass is 253 g/mol. The molecule has 0 fully saturated rings. The lowest BCUT2D eigenvalue weighted by molar-refractivity contribution is -0.173. The fourth-order valence-electron chi connectivity index (χ4n) is 1.10. The maximum atomic E-state index is 11.7. The molecule has 0 aliphatic rings. The molecule has 2 N–H and O–H groups in total. The Hall–Kier alpha value is -1.15. The Bertz CT molecular complexity index is 328. The number of rotatable bonds is 7. The van der Waals surface area contributed by atoms with Gasteiger partial charge in [0.05, 0.1) is 13.0 Å². The van der Waals surface area contributed by atoms with E-state index in [0.717, 1.165) is 6.42 Å². The van der Waals surface area contributed by atoms with Crippen molar-refractivity contribution >= 4 is 0 Å². The van der Waals surface area contributed by atoms with Gasteiger partial charge in [0.25, 0.3) is 0 Å². The van der Waals surface area contributed by atoms with Gasteiger partial charge in [-0.2, -0.15) is 18.2 Å². The van der Waals surface area contributed by atoms with Crippen molar-refractivity contribution in [2.45, 2.75) is 25.4 Å². The minimum Gasteiger partial charge on any atom is -0.372 e. The highest BCUT2D eigenvalue weighted by atomic mass is 19.4. The van der Waals surface area contributed by atoms with Crippen LogP contribution in [0.5, 0.6) is 0 Å². The van der Waals surface area contributed by atoms with Crippen LogP contribution < -0.4 is 5.73 Å². The van der Waals surface area contributed by atoms with Gasteiger partial charge in [-0.25, -0.2) is 0 Å². The van der Waals surface area contributed by atoms with Gasteiger partial charge >= 0.3 is 6.18 Å². The first-order chi connectivity index (χ1) is 8.01. The molecule has 17 heavy (non-hydrogen) atoms. The number of halogens is 3. The second kappa shape index (κ2) is 6.55. The zero-order valence-corrected chi connectivity index (χ0v) is 9.16. The highest BCUT2D eigenvalue weighted by Crippen LogP contribution is 2.14. The van der Waals surface area contributed by atoms with Crippen LogP contribution in [-0.4, -0.2) is 36.1 Å². The highest BCUT2D eigenvalue weighted by Gasteiger charge is 2.27. The Labute approximate surface area is 96.1 Å². The van der Waals surface area contributed by atoms with E-state index in [1.807, 2.05) is 0 Å². The normalized spacial score (nSPS) is 12.0. The summed E-state index contributed by atoms with van der Waals surface area (Å²) < 4.78 is 44.5. The van der Waals surface area contributed by atoms with Gasteiger partial charge in [0.1, 0.15) is 6.61 Å². The van der Waals surface area contributed by atoms with Crippen molar-refractivity contribution in [2.24, 2.45) is 5.73 Å². The van der Waals surface area contributed by atoms with Crippen LogP contribution in [0.15, 0.2) is 4.52 Å². The lowest BCUT2D eigenvalue weighted by Gasteiger charge is -2.05. The van der Waals surface area contributed by atoms with Crippen LogP contribution in [0, 0.1) is 0 Å². The zero-order valence-electron chi connectivity index (χ0n) is 9.16. The van der Waals surface area contributed by atoms with Crippen LogP contribution in [0.4, 0.5) is 13.2 Å².